The summed E-state index contributed by atoms with van der Waals surface area (Å²) in [6.45, 7) is 3.86. The maximum absolute atomic E-state index is 5.31. The van der Waals surface area contributed by atoms with Crippen LogP contribution in [-0.4, -0.2) is 71.9 Å². The molecular formula is C18H23N7O2. The number of anilines is 3. The van der Waals surface area contributed by atoms with Gasteiger partial charge in [0.25, 0.3) is 0 Å². The molecule has 9 heteroatoms. The zero-order valence-electron chi connectivity index (χ0n) is 15.7. The summed E-state index contributed by atoms with van der Waals surface area (Å²) in [5.74, 6) is 2.74. The molecule has 1 N–H and O–H groups in total. The molecule has 9 nitrogen and oxygen atoms in total. The third kappa shape index (κ3) is 3.59. The van der Waals surface area contributed by atoms with Crippen molar-refractivity contribution in [1.82, 2.24) is 24.5 Å². The number of hydrogen-bond donors (Lipinski definition) is 1. The first kappa shape index (κ1) is 17.3. The number of benzene rings is 1. The van der Waals surface area contributed by atoms with Gasteiger partial charge in [0.05, 0.1) is 14.2 Å². The average molecular weight is 369 g/mol. The molecular weight excluding hydrogens is 346 g/mol. The summed E-state index contributed by atoms with van der Waals surface area (Å²) in [6.07, 6.45) is 3.56. The van der Waals surface area contributed by atoms with Gasteiger partial charge < -0.3 is 24.6 Å². The minimum Gasteiger partial charge on any atom is -0.497 e. The fourth-order valence-electron chi connectivity index (χ4n) is 3.11. The lowest BCUT2D eigenvalue weighted by Crippen LogP contribution is -2.45. The van der Waals surface area contributed by atoms with E-state index in [1.807, 2.05) is 18.2 Å². The van der Waals surface area contributed by atoms with Gasteiger partial charge in [0, 0.05) is 62.5 Å². The molecule has 142 valence electrons. The van der Waals surface area contributed by atoms with Crippen LogP contribution in [-0.2, 0) is 0 Å². The molecule has 1 aromatic carbocycles. The van der Waals surface area contributed by atoms with Gasteiger partial charge in [-0.3, -0.25) is 0 Å². The number of methoxy groups -OCH3 is 2. The lowest BCUT2D eigenvalue weighted by molar-refractivity contribution is 0.312. The number of fused-ring (bicyclic) bond motifs is 1. The molecule has 1 saturated heterocycles. The Morgan fingerprint density at radius 3 is 2.37 bits per heavy atom. The third-order valence-corrected chi connectivity index (χ3v) is 4.65. The molecule has 0 amide bonds. The van der Waals surface area contributed by atoms with E-state index in [9.17, 15) is 0 Å². The van der Waals surface area contributed by atoms with Crippen molar-refractivity contribution in [2.75, 3.05) is 57.7 Å². The predicted octanol–water partition coefficient (Wildman–Crippen LogP) is 1.64. The highest BCUT2D eigenvalue weighted by Crippen LogP contribution is 2.28. The van der Waals surface area contributed by atoms with Gasteiger partial charge in [-0.15, -0.1) is 5.10 Å². The molecule has 1 aliphatic rings. The van der Waals surface area contributed by atoms with E-state index in [-0.39, 0.29) is 0 Å². The molecule has 2 aromatic heterocycles. The normalized spacial score (nSPS) is 15.1. The van der Waals surface area contributed by atoms with Crippen LogP contribution in [0.15, 0.2) is 30.6 Å². The molecule has 1 aliphatic heterocycles. The van der Waals surface area contributed by atoms with Crippen LogP contribution < -0.4 is 19.7 Å². The number of nitrogens with zero attached hydrogens (tertiary/aromatic N) is 6. The van der Waals surface area contributed by atoms with Crippen molar-refractivity contribution < 1.29 is 9.47 Å². The zero-order chi connectivity index (χ0) is 18.8. The van der Waals surface area contributed by atoms with Crippen molar-refractivity contribution >= 4 is 23.1 Å². The number of likely N-dealkylation sites (N-methyl/N-ethyl adjacent to an activating group) is 1. The Labute approximate surface area is 157 Å². The SMILES string of the molecule is COc1cc(Nc2nc3c(N4CCN(C)CC4)nccn3n2)cc(OC)c1. The molecule has 3 aromatic rings. The molecule has 0 radical (unpaired) electrons. The van der Waals surface area contributed by atoms with Crippen LogP contribution in [0.2, 0.25) is 0 Å². The number of hydrogen-bond acceptors (Lipinski definition) is 8. The highest BCUT2D eigenvalue weighted by Gasteiger charge is 2.19. The van der Waals surface area contributed by atoms with E-state index in [0.717, 1.165) is 43.3 Å². The van der Waals surface area contributed by atoms with Gasteiger partial charge >= 0.3 is 0 Å². The Hall–Kier alpha value is -3.07. The smallest absolute Gasteiger partial charge is 0.247 e. The fraction of sp³-hybridized carbons (Fsp3) is 0.389. The van der Waals surface area contributed by atoms with Crippen LogP contribution in [0, 0.1) is 0 Å². The van der Waals surface area contributed by atoms with Crippen molar-refractivity contribution in [1.29, 1.82) is 0 Å². The minimum atomic E-state index is 0.494. The van der Waals surface area contributed by atoms with Crippen LogP contribution >= 0.6 is 0 Å². The molecule has 0 saturated carbocycles. The second kappa shape index (κ2) is 7.28. The number of ether oxygens (including phenoxy) is 2. The predicted molar refractivity (Wildman–Crippen MR) is 103 cm³/mol. The topological polar surface area (TPSA) is 80.1 Å². The number of aromatic nitrogens is 4. The van der Waals surface area contributed by atoms with Crippen molar-refractivity contribution in [2.24, 2.45) is 0 Å². The summed E-state index contributed by atoms with van der Waals surface area (Å²) in [4.78, 5) is 13.8. The van der Waals surface area contributed by atoms with E-state index >= 15 is 0 Å². The molecule has 1 fully saturated rings. The van der Waals surface area contributed by atoms with Crippen molar-refractivity contribution in [3.63, 3.8) is 0 Å². The van der Waals surface area contributed by atoms with E-state index in [2.05, 4.69) is 37.2 Å². The Morgan fingerprint density at radius 1 is 1.00 bits per heavy atom. The van der Waals surface area contributed by atoms with Crippen molar-refractivity contribution in [3.8, 4) is 11.5 Å². The Morgan fingerprint density at radius 2 is 1.70 bits per heavy atom. The summed E-state index contributed by atoms with van der Waals surface area (Å²) in [6, 6.07) is 5.55. The summed E-state index contributed by atoms with van der Waals surface area (Å²) >= 11 is 0. The summed E-state index contributed by atoms with van der Waals surface area (Å²) < 4.78 is 12.4. The molecule has 3 heterocycles. The van der Waals surface area contributed by atoms with Gasteiger partial charge in [-0.2, -0.15) is 4.98 Å². The van der Waals surface area contributed by atoms with Crippen molar-refractivity contribution in [3.05, 3.63) is 30.6 Å². The van der Waals surface area contributed by atoms with E-state index in [4.69, 9.17) is 9.47 Å². The summed E-state index contributed by atoms with van der Waals surface area (Å²) in [7, 11) is 5.37. The van der Waals surface area contributed by atoms with Crippen molar-refractivity contribution in [2.45, 2.75) is 0 Å². The number of nitrogens with one attached hydrogen (secondary N) is 1. The summed E-state index contributed by atoms with van der Waals surface area (Å²) in [5.41, 5.74) is 1.52. The molecule has 0 atom stereocenters. The Balaban J connectivity index is 1.63. The molecule has 0 aliphatic carbocycles. The first-order chi connectivity index (χ1) is 13.2. The zero-order valence-corrected chi connectivity index (χ0v) is 15.7. The second-order valence-electron chi connectivity index (χ2n) is 6.47. The molecule has 4 rings (SSSR count). The first-order valence-corrected chi connectivity index (χ1v) is 8.81. The van der Waals surface area contributed by atoms with E-state index in [1.54, 1.807) is 31.1 Å². The van der Waals surface area contributed by atoms with Gasteiger partial charge in [-0.05, 0) is 7.05 Å². The van der Waals surface area contributed by atoms with E-state index in [1.165, 1.54) is 0 Å². The van der Waals surface area contributed by atoms with E-state index in [0.29, 0.717) is 17.4 Å². The molecule has 27 heavy (non-hydrogen) atoms. The monoisotopic (exact) mass is 369 g/mol. The quantitative estimate of drug-likeness (QED) is 0.727. The average Bonchev–Trinajstić information content (AvgIpc) is 3.10. The third-order valence-electron chi connectivity index (χ3n) is 4.65. The Bertz CT molecular complexity index is 912. The molecule has 0 bridgehead atoms. The highest BCUT2D eigenvalue weighted by atomic mass is 16.5. The van der Waals surface area contributed by atoms with Gasteiger partial charge in [0.15, 0.2) is 11.5 Å². The second-order valence-corrected chi connectivity index (χ2v) is 6.47. The summed E-state index contributed by atoms with van der Waals surface area (Å²) in [5, 5.41) is 7.75. The maximum atomic E-state index is 5.31. The Kier molecular flexibility index (Phi) is 4.68. The highest BCUT2D eigenvalue weighted by molar-refractivity contribution is 5.67. The van der Waals surface area contributed by atoms with Crippen LogP contribution in [0.5, 0.6) is 11.5 Å². The molecule has 0 unspecified atom stereocenters. The van der Waals surface area contributed by atoms with Crippen LogP contribution in [0.1, 0.15) is 0 Å². The standard InChI is InChI=1S/C18H23N7O2/c1-23-6-8-24(9-7-23)16-17-21-18(22-25(17)5-4-19-16)20-13-10-14(26-2)12-15(11-13)27-3/h4-5,10-12H,6-9H2,1-3H3,(H,20,22). The van der Waals surface area contributed by atoms with Gasteiger partial charge in [-0.25, -0.2) is 9.50 Å². The molecule has 0 spiro atoms. The first-order valence-electron chi connectivity index (χ1n) is 8.81. The maximum Gasteiger partial charge on any atom is 0.247 e. The largest absolute Gasteiger partial charge is 0.497 e. The fourth-order valence-corrected chi connectivity index (χ4v) is 3.11. The number of piperazine rings is 1. The number of rotatable bonds is 5. The van der Waals surface area contributed by atoms with Gasteiger partial charge in [0.2, 0.25) is 5.95 Å². The van der Waals surface area contributed by atoms with Crippen LogP contribution in [0.4, 0.5) is 17.5 Å². The van der Waals surface area contributed by atoms with Crippen LogP contribution in [0.25, 0.3) is 5.65 Å². The van der Waals surface area contributed by atoms with E-state index < -0.39 is 0 Å². The lowest BCUT2D eigenvalue weighted by atomic mass is 10.3. The lowest BCUT2D eigenvalue weighted by Gasteiger charge is -2.32. The van der Waals surface area contributed by atoms with Gasteiger partial charge in [-0.1, -0.05) is 0 Å². The van der Waals surface area contributed by atoms with Gasteiger partial charge in [0.1, 0.15) is 11.5 Å². The minimum absolute atomic E-state index is 0.494. The van der Waals surface area contributed by atoms with Crippen LogP contribution in [0.3, 0.4) is 0 Å².